The summed E-state index contributed by atoms with van der Waals surface area (Å²) in [4.78, 5) is 12.7. The summed E-state index contributed by atoms with van der Waals surface area (Å²) in [5, 5.41) is 2.12. The number of rotatable bonds is 10. The number of carbonyl (C=O) groups excluding carboxylic acids is 1. The maximum atomic E-state index is 13.7. The number of alkyl halides is 3. The summed E-state index contributed by atoms with van der Waals surface area (Å²) in [7, 11) is -1.65. The van der Waals surface area contributed by atoms with Crippen molar-refractivity contribution < 1.29 is 40.6 Å². The second-order valence-electron chi connectivity index (χ2n) is 7.70. The summed E-state index contributed by atoms with van der Waals surface area (Å²) in [6.07, 6.45) is -4.67. The minimum Gasteiger partial charge on any atom is -0.494 e. The summed E-state index contributed by atoms with van der Waals surface area (Å²) >= 11 is 5.99. The first-order valence-corrected chi connectivity index (χ1v) is 12.9. The van der Waals surface area contributed by atoms with E-state index < -0.39 is 34.2 Å². The summed E-state index contributed by atoms with van der Waals surface area (Å²) in [6, 6.07) is 12.3. The molecule has 0 saturated heterocycles. The predicted molar refractivity (Wildman–Crippen MR) is 137 cm³/mol. The lowest BCUT2D eigenvalue weighted by molar-refractivity contribution is -0.137. The van der Waals surface area contributed by atoms with Crippen LogP contribution in [0, 0.1) is 0 Å². The van der Waals surface area contributed by atoms with Gasteiger partial charge in [0.25, 0.3) is 10.0 Å². The fourth-order valence-electron chi connectivity index (χ4n) is 3.41. The van der Waals surface area contributed by atoms with Gasteiger partial charge in [-0.1, -0.05) is 11.6 Å². The highest BCUT2D eigenvalue weighted by Gasteiger charge is 2.32. The van der Waals surface area contributed by atoms with Gasteiger partial charge in [0.05, 0.1) is 47.7 Å². The first kappa shape index (κ1) is 28.9. The number of sulfonamides is 1. The Kier molecular flexibility index (Phi) is 9.00. The van der Waals surface area contributed by atoms with E-state index in [-0.39, 0.29) is 32.8 Å². The molecule has 0 atom stereocenters. The third kappa shape index (κ3) is 6.62. The normalized spacial score (nSPS) is 11.6. The number of halogens is 4. The molecule has 38 heavy (non-hydrogen) atoms. The highest BCUT2D eigenvalue weighted by atomic mass is 35.5. The van der Waals surface area contributed by atoms with Gasteiger partial charge < -0.3 is 19.5 Å². The molecule has 0 heterocycles. The smallest absolute Gasteiger partial charge is 0.416 e. The second kappa shape index (κ2) is 11.8. The lowest BCUT2D eigenvalue weighted by Gasteiger charge is -2.25. The van der Waals surface area contributed by atoms with Crippen LogP contribution >= 0.6 is 11.6 Å². The SMILES string of the molecule is CCOc1ccc(N(CC(=O)Nc2cc(C(F)(F)F)ccc2Cl)S(=O)(=O)c2ccc(OC)c(OC)c2)cc1. The van der Waals surface area contributed by atoms with Gasteiger partial charge in [-0.2, -0.15) is 13.2 Å². The lowest BCUT2D eigenvalue weighted by atomic mass is 10.2. The molecule has 1 amide bonds. The molecule has 0 fully saturated rings. The van der Waals surface area contributed by atoms with Crippen molar-refractivity contribution in [3.05, 3.63) is 71.2 Å². The number of nitrogens with one attached hydrogen (secondary N) is 1. The Labute approximate surface area is 222 Å². The first-order chi connectivity index (χ1) is 17.9. The van der Waals surface area contributed by atoms with Crippen molar-refractivity contribution in [2.24, 2.45) is 0 Å². The van der Waals surface area contributed by atoms with Crippen LogP contribution in [0.3, 0.4) is 0 Å². The van der Waals surface area contributed by atoms with Crippen molar-refractivity contribution in [1.29, 1.82) is 0 Å². The molecule has 8 nitrogen and oxygen atoms in total. The van der Waals surface area contributed by atoms with Gasteiger partial charge in [0.15, 0.2) is 11.5 Å². The molecule has 1 N–H and O–H groups in total. The minimum absolute atomic E-state index is 0.105. The molecule has 0 unspecified atom stereocenters. The Balaban J connectivity index is 2.01. The Morgan fingerprint density at radius 1 is 0.974 bits per heavy atom. The highest BCUT2D eigenvalue weighted by Crippen LogP contribution is 2.35. The summed E-state index contributed by atoms with van der Waals surface area (Å²) in [5.74, 6) is -0.0273. The Morgan fingerprint density at radius 2 is 1.63 bits per heavy atom. The third-order valence-electron chi connectivity index (χ3n) is 5.23. The Hall–Kier alpha value is -3.64. The van der Waals surface area contributed by atoms with Gasteiger partial charge in [-0.15, -0.1) is 0 Å². The van der Waals surface area contributed by atoms with E-state index in [2.05, 4.69) is 5.32 Å². The molecular formula is C25H24ClF3N2O6S. The summed E-state index contributed by atoms with van der Waals surface area (Å²) < 4.78 is 83.4. The van der Waals surface area contributed by atoms with Gasteiger partial charge in [0.2, 0.25) is 5.91 Å². The van der Waals surface area contributed by atoms with Crippen LogP contribution in [0.2, 0.25) is 5.02 Å². The zero-order chi connectivity index (χ0) is 28.1. The van der Waals surface area contributed by atoms with E-state index in [0.717, 1.165) is 16.4 Å². The number of amides is 1. The van der Waals surface area contributed by atoms with E-state index in [9.17, 15) is 26.4 Å². The van der Waals surface area contributed by atoms with Gasteiger partial charge in [-0.25, -0.2) is 8.42 Å². The van der Waals surface area contributed by atoms with E-state index in [1.54, 1.807) is 6.92 Å². The molecule has 0 spiro atoms. The molecule has 204 valence electrons. The maximum absolute atomic E-state index is 13.7. The van der Waals surface area contributed by atoms with E-state index in [1.807, 2.05) is 0 Å². The van der Waals surface area contributed by atoms with Gasteiger partial charge in [-0.3, -0.25) is 9.10 Å². The molecule has 0 bridgehead atoms. The molecule has 3 aromatic rings. The predicted octanol–water partition coefficient (Wildman–Crippen LogP) is 5.61. The molecule has 0 aliphatic rings. The number of carbonyl (C=O) groups is 1. The zero-order valence-electron chi connectivity index (χ0n) is 20.5. The lowest BCUT2D eigenvalue weighted by Crippen LogP contribution is -2.38. The highest BCUT2D eigenvalue weighted by molar-refractivity contribution is 7.92. The first-order valence-electron chi connectivity index (χ1n) is 11.0. The maximum Gasteiger partial charge on any atom is 0.416 e. The molecule has 3 rings (SSSR count). The van der Waals surface area contributed by atoms with Crippen molar-refractivity contribution in [1.82, 2.24) is 0 Å². The number of hydrogen-bond donors (Lipinski definition) is 1. The van der Waals surface area contributed by atoms with Crippen molar-refractivity contribution in [2.45, 2.75) is 18.0 Å². The summed E-state index contributed by atoms with van der Waals surface area (Å²) in [6.45, 7) is 1.38. The average molecular weight is 573 g/mol. The van der Waals surface area contributed by atoms with Crippen LogP contribution < -0.4 is 23.8 Å². The van der Waals surface area contributed by atoms with Crippen LogP contribution in [0.25, 0.3) is 0 Å². The molecule has 0 aliphatic heterocycles. The van der Waals surface area contributed by atoms with Crippen LogP contribution in [0.15, 0.2) is 65.6 Å². The molecule has 0 radical (unpaired) electrons. The van der Waals surface area contributed by atoms with Crippen molar-refractivity contribution >= 4 is 38.9 Å². The fourth-order valence-corrected chi connectivity index (χ4v) is 5.01. The van der Waals surface area contributed by atoms with Crippen LogP contribution in [0.1, 0.15) is 12.5 Å². The van der Waals surface area contributed by atoms with Crippen LogP contribution in [0.4, 0.5) is 24.5 Å². The molecule has 0 aromatic heterocycles. The minimum atomic E-state index is -4.67. The largest absolute Gasteiger partial charge is 0.494 e. The Bertz CT molecular complexity index is 1400. The van der Waals surface area contributed by atoms with Crippen molar-refractivity contribution in [2.75, 3.05) is 37.0 Å². The van der Waals surface area contributed by atoms with Gasteiger partial charge in [0, 0.05) is 6.07 Å². The van der Waals surface area contributed by atoms with Gasteiger partial charge in [0.1, 0.15) is 12.3 Å². The molecule has 3 aromatic carbocycles. The number of nitrogens with zero attached hydrogens (tertiary/aromatic N) is 1. The zero-order valence-corrected chi connectivity index (χ0v) is 22.1. The fraction of sp³-hybridized carbons (Fsp3) is 0.240. The van der Waals surface area contributed by atoms with E-state index in [4.69, 9.17) is 25.8 Å². The van der Waals surface area contributed by atoms with Crippen LogP contribution in [-0.2, 0) is 21.0 Å². The number of hydrogen-bond acceptors (Lipinski definition) is 6. The third-order valence-corrected chi connectivity index (χ3v) is 7.33. The molecular weight excluding hydrogens is 549 g/mol. The average Bonchev–Trinajstić information content (AvgIpc) is 2.88. The van der Waals surface area contributed by atoms with Crippen LogP contribution in [0.5, 0.6) is 17.2 Å². The topological polar surface area (TPSA) is 94.2 Å². The molecule has 0 aliphatic carbocycles. The van der Waals surface area contributed by atoms with Gasteiger partial charge >= 0.3 is 6.18 Å². The number of methoxy groups -OCH3 is 2. The molecule has 0 saturated carbocycles. The second-order valence-corrected chi connectivity index (χ2v) is 9.97. The number of ether oxygens (including phenoxy) is 3. The monoisotopic (exact) mass is 572 g/mol. The van der Waals surface area contributed by atoms with Crippen molar-refractivity contribution in [3.63, 3.8) is 0 Å². The number of benzene rings is 3. The Morgan fingerprint density at radius 3 is 2.21 bits per heavy atom. The summed E-state index contributed by atoms with van der Waals surface area (Å²) in [5.41, 5.74) is -1.24. The van der Waals surface area contributed by atoms with Crippen LogP contribution in [-0.4, -0.2) is 41.7 Å². The quantitative estimate of drug-likeness (QED) is 0.339. The van der Waals surface area contributed by atoms with E-state index >= 15 is 0 Å². The molecule has 13 heteroatoms. The standard InChI is InChI=1S/C25H24ClF3N2O6S/c1-4-37-18-8-6-17(7-9-18)31(38(33,34)19-10-12-22(35-2)23(14-19)36-3)15-24(32)30-21-13-16(25(27,28)29)5-11-20(21)26/h5-14H,4,15H2,1-3H3,(H,30,32). The number of anilines is 2. The van der Waals surface area contributed by atoms with E-state index in [0.29, 0.717) is 18.4 Å². The van der Waals surface area contributed by atoms with Crippen molar-refractivity contribution in [3.8, 4) is 17.2 Å². The van der Waals surface area contributed by atoms with Gasteiger partial charge in [-0.05, 0) is 61.5 Å². The van der Waals surface area contributed by atoms with E-state index in [1.165, 1.54) is 56.7 Å².